The van der Waals surface area contributed by atoms with Crippen LogP contribution in [0.4, 0.5) is 0 Å². The summed E-state index contributed by atoms with van der Waals surface area (Å²) in [6.45, 7) is 7.12. The first-order valence-electron chi connectivity index (χ1n) is 12.3. The number of aryl methyl sites for hydroxylation is 1. The van der Waals surface area contributed by atoms with E-state index in [4.69, 9.17) is 16.3 Å². The highest BCUT2D eigenvalue weighted by Gasteiger charge is 2.42. The van der Waals surface area contributed by atoms with E-state index in [0.717, 1.165) is 28.9 Å². The molecule has 4 aromatic rings. The largest absolute Gasteiger partial charge is 0.507 e. The van der Waals surface area contributed by atoms with Crippen LogP contribution >= 0.6 is 11.6 Å². The summed E-state index contributed by atoms with van der Waals surface area (Å²) in [6.07, 6.45) is 4.41. The first kappa shape index (κ1) is 24.8. The molecule has 0 radical (unpaired) electrons. The average molecular weight is 517 g/mol. The van der Waals surface area contributed by atoms with Crippen LogP contribution in [0.5, 0.6) is 11.5 Å². The first-order chi connectivity index (χ1) is 17.8. The van der Waals surface area contributed by atoms with Crippen LogP contribution in [0.25, 0.3) is 11.3 Å². The smallest absolute Gasteiger partial charge is 0.273 e. The first-order valence-corrected chi connectivity index (χ1v) is 12.7. The summed E-state index contributed by atoms with van der Waals surface area (Å²) in [6, 6.07) is 14.5. The maximum absolute atomic E-state index is 13.7. The quantitative estimate of drug-likeness (QED) is 0.286. The Morgan fingerprint density at radius 1 is 1.19 bits per heavy atom. The van der Waals surface area contributed by atoms with Gasteiger partial charge in [0, 0.05) is 35.1 Å². The highest BCUT2D eigenvalue weighted by molar-refractivity contribution is 6.31. The van der Waals surface area contributed by atoms with Gasteiger partial charge in [-0.2, -0.15) is 5.10 Å². The molecule has 0 fully saturated rings. The van der Waals surface area contributed by atoms with Crippen LogP contribution in [-0.2, 0) is 6.54 Å². The molecular weight excluding hydrogens is 488 g/mol. The second kappa shape index (κ2) is 10.3. The number of ether oxygens (including phenoxy) is 1. The van der Waals surface area contributed by atoms with E-state index in [0.29, 0.717) is 46.6 Å². The maximum atomic E-state index is 13.7. The molecule has 1 aliphatic rings. The van der Waals surface area contributed by atoms with Gasteiger partial charge in [-0.1, -0.05) is 43.6 Å². The molecule has 1 aliphatic heterocycles. The molecule has 7 nitrogen and oxygen atoms in total. The lowest BCUT2D eigenvalue weighted by Gasteiger charge is -2.27. The van der Waals surface area contributed by atoms with Gasteiger partial charge in [-0.3, -0.25) is 14.9 Å². The number of hydrogen-bond acceptors (Lipinski definition) is 5. The number of nitrogens with zero attached hydrogens (tertiary/aromatic N) is 3. The number of phenols is 1. The Labute approximate surface area is 221 Å². The topological polar surface area (TPSA) is 91.3 Å². The maximum Gasteiger partial charge on any atom is 0.273 e. The van der Waals surface area contributed by atoms with Gasteiger partial charge in [0.15, 0.2) is 0 Å². The van der Waals surface area contributed by atoms with Crippen molar-refractivity contribution < 1.29 is 14.6 Å². The summed E-state index contributed by atoms with van der Waals surface area (Å²) in [4.78, 5) is 19.7. The van der Waals surface area contributed by atoms with Crippen molar-refractivity contribution in [2.75, 3.05) is 6.61 Å². The number of pyridine rings is 1. The van der Waals surface area contributed by atoms with E-state index in [2.05, 4.69) is 29.0 Å². The molecule has 2 aromatic carbocycles. The van der Waals surface area contributed by atoms with E-state index in [9.17, 15) is 9.90 Å². The lowest BCUT2D eigenvalue weighted by atomic mass is 9.95. The number of aromatic nitrogens is 3. The Morgan fingerprint density at radius 2 is 2.03 bits per heavy atom. The average Bonchev–Trinajstić information content (AvgIpc) is 3.41. The minimum atomic E-state index is -0.454. The molecule has 1 amide bonds. The molecule has 190 valence electrons. The Kier molecular flexibility index (Phi) is 6.89. The van der Waals surface area contributed by atoms with Crippen molar-refractivity contribution in [2.45, 2.75) is 39.8 Å². The summed E-state index contributed by atoms with van der Waals surface area (Å²) in [5.41, 5.74) is 4.61. The SMILES string of the molecule is Cc1cc(O)c(-c2n[nH]c3c2[C@H](c2cccc(OCCC(C)C)c2)N(Cc2cccnc2)C3=O)cc1Cl. The number of fused-ring (bicyclic) bond motifs is 1. The standard InChI is InChI=1S/C29H29ClN4O3/c1-17(2)9-11-37-21-8-4-7-20(13-21)28-25-26(22-14-23(30)18(3)12-24(22)35)32-33-27(25)29(36)34(28)16-19-6-5-10-31-15-19/h4-8,10,12-15,17,28,35H,9,11,16H2,1-3H3,(H,32,33)/t28-/m0/s1. The summed E-state index contributed by atoms with van der Waals surface area (Å²) in [7, 11) is 0. The van der Waals surface area contributed by atoms with E-state index in [1.54, 1.807) is 29.4 Å². The lowest BCUT2D eigenvalue weighted by Crippen LogP contribution is -2.29. The van der Waals surface area contributed by atoms with Crippen molar-refractivity contribution in [3.63, 3.8) is 0 Å². The van der Waals surface area contributed by atoms with Crippen LogP contribution in [0.3, 0.4) is 0 Å². The summed E-state index contributed by atoms with van der Waals surface area (Å²) >= 11 is 6.41. The van der Waals surface area contributed by atoms with E-state index in [1.807, 2.05) is 43.3 Å². The molecule has 5 rings (SSSR count). The van der Waals surface area contributed by atoms with Gasteiger partial charge in [0.05, 0.1) is 12.6 Å². The fraction of sp³-hybridized carbons (Fsp3) is 0.276. The third-order valence-electron chi connectivity index (χ3n) is 6.61. The molecule has 0 saturated heterocycles. The molecule has 2 N–H and O–H groups in total. The highest BCUT2D eigenvalue weighted by Crippen LogP contribution is 2.46. The number of phenolic OH excluding ortho intramolecular Hbond substituents is 1. The number of carbonyl (C=O) groups excluding carboxylic acids is 1. The monoisotopic (exact) mass is 516 g/mol. The number of hydrogen-bond donors (Lipinski definition) is 2. The van der Waals surface area contributed by atoms with Crippen LogP contribution < -0.4 is 4.74 Å². The van der Waals surface area contributed by atoms with Gasteiger partial charge in [0.1, 0.15) is 22.9 Å². The van der Waals surface area contributed by atoms with Gasteiger partial charge in [-0.25, -0.2) is 0 Å². The van der Waals surface area contributed by atoms with Crippen LogP contribution in [-0.4, -0.2) is 37.7 Å². The minimum Gasteiger partial charge on any atom is -0.507 e. The molecule has 1 atom stereocenters. The predicted molar refractivity (Wildman–Crippen MR) is 143 cm³/mol. The molecular formula is C29H29ClN4O3. The fourth-order valence-electron chi connectivity index (χ4n) is 4.64. The van der Waals surface area contributed by atoms with Gasteiger partial charge >= 0.3 is 0 Å². The highest BCUT2D eigenvalue weighted by atomic mass is 35.5. The van der Waals surface area contributed by atoms with E-state index in [-0.39, 0.29) is 11.7 Å². The molecule has 0 bridgehead atoms. The zero-order valence-electron chi connectivity index (χ0n) is 21.0. The van der Waals surface area contributed by atoms with Crippen LogP contribution in [0.2, 0.25) is 5.02 Å². The van der Waals surface area contributed by atoms with Crippen molar-refractivity contribution in [3.8, 4) is 22.8 Å². The van der Waals surface area contributed by atoms with Crippen molar-refractivity contribution in [1.82, 2.24) is 20.1 Å². The summed E-state index contributed by atoms with van der Waals surface area (Å²) < 4.78 is 6.04. The molecule has 3 heterocycles. The normalized spacial score (nSPS) is 14.9. The van der Waals surface area contributed by atoms with Crippen molar-refractivity contribution in [3.05, 3.63) is 93.9 Å². The molecule has 0 spiro atoms. The number of nitrogens with one attached hydrogen (secondary N) is 1. The summed E-state index contributed by atoms with van der Waals surface area (Å²) in [5.74, 6) is 1.16. The number of carbonyl (C=O) groups is 1. The molecule has 2 aromatic heterocycles. The van der Waals surface area contributed by atoms with Crippen LogP contribution in [0, 0.1) is 12.8 Å². The Morgan fingerprint density at radius 3 is 2.78 bits per heavy atom. The number of benzene rings is 2. The number of halogens is 1. The third kappa shape index (κ3) is 4.91. The second-order valence-electron chi connectivity index (χ2n) is 9.78. The Bertz CT molecular complexity index is 1430. The molecule has 0 aliphatic carbocycles. The fourth-order valence-corrected chi connectivity index (χ4v) is 4.81. The van der Waals surface area contributed by atoms with Gasteiger partial charge in [0.25, 0.3) is 5.91 Å². The van der Waals surface area contributed by atoms with Gasteiger partial charge in [0.2, 0.25) is 0 Å². The number of H-pyrrole nitrogens is 1. The lowest BCUT2D eigenvalue weighted by molar-refractivity contribution is 0.0729. The number of rotatable bonds is 8. The molecule has 8 heteroatoms. The summed E-state index contributed by atoms with van der Waals surface area (Å²) in [5, 5.41) is 18.7. The van der Waals surface area contributed by atoms with Crippen LogP contribution in [0.1, 0.15) is 59.1 Å². The van der Waals surface area contributed by atoms with Crippen molar-refractivity contribution in [1.29, 1.82) is 0 Å². The molecule has 37 heavy (non-hydrogen) atoms. The predicted octanol–water partition coefficient (Wildman–Crippen LogP) is 6.31. The van der Waals surface area contributed by atoms with Gasteiger partial charge in [-0.15, -0.1) is 0 Å². The van der Waals surface area contributed by atoms with Gasteiger partial charge < -0.3 is 14.7 Å². The number of aromatic amines is 1. The Balaban J connectivity index is 1.61. The van der Waals surface area contributed by atoms with Crippen molar-refractivity contribution in [2.24, 2.45) is 5.92 Å². The van der Waals surface area contributed by atoms with E-state index >= 15 is 0 Å². The molecule has 0 saturated carbocycles. The second-order valence-corrected chi connectivity index (χ2v) is 10.2. The zero-order valence-corrected chi connectivity index (χ0v) is 21.8. The number of amides is 1. The third-order valence-corrected chi connectivity index (χ3v) is 7.02. The zero-order chi connectivity index (χ0) is 26.1. The molecule has 0 unspecified atom stereocenters. The minimum absolute atomic E-state index is 0.0545. The van der Waals surface area contributed by atoms with Crippen molar-refractivity contribution >= 4 is 17.5 Å². The number of aromatic hydroxyl groups is 1. The van der Waals surface area contributed by atoms with E-state index in [1.165, 1.54) is 0 Å². The van der Waals surface area contributed by atoms with E-state index < -0.39 is 6.04 Å². The van der Waals surface area contributed by atoms with Crippen LogP contribution in [0.15, 0.2) is 60.9 Å². The Hall–Kier alpha value is -3.84. The van der Waals surface area contributed by atoms with Gasteiger partial charge in [-0.05, 0) is 66.3 Å².